The molecular formula is C47H51N11O5. The van der Waals surface area contributed by atoms with E-state index in [0.29, 0.717) is 29.5 Å². The van der Waals surface area contributed by atoms with Crippen LogP contribution in [0, 0.1) is 12.8 Å². The zero-order valence-electron chi connectivity index (χ0n) is 36.0. The zero-order valence-corrected chi connectivity index (χ0v) is 36.0. The summed E-state index contributed by atoms with van der Waals surface area (Å²) in [6, 6.07) is 18.9. The molecule has 0 saturated carbocycles. The van der Waals surface area contributed by atoms with Crippen LogP contribution in [-0.2, 0) is 34.6 Å². The van der Waals surface area contributed by atoms with Crippen molar-refractivity contribution < 1.29 is 24.0 Å². The second-order valence-corrected chi connectivity index (χ2v) is 18.0. The molecule has 5 amide bonds. The maximum absolute atomic E-state index is 13.4. The molecule has 3 N–H and O–H groups in total. The lowest BCUT2D eigenvalue weighted by Gasteiger charge is -2.37. The van der Waals surface area contributed by atoms with Crippen molar-refractivity contribution in [2.75, 3.05) is 36.4 Å². The van der Waals surface area contributed by atoms with E-state index < -0.39 is 29.7 Å². The number of amides is 5. The molecule has 16 heteroatoms. The van der Waals surface area contributed by atoms with Crippen LogP contribution in [0.4, 0.5) is 17.3 Å². The highest BCUT2D eigenvalue weighted by Gasteiger charge is 2.45. The molecule has 1 atom stereocenters. The summed E-state index contributed by atoms with van der Waals surface area (Å²) in [4.78, 5) is 78.7. The van der Waals surface area contributed by atoms with Crippen molar-refractivity contribution in [2.24, 2.45) is 5.92 Å². The number of piperidine rings is 2. The summed E-state index contributed by atoms with van der Waals surface area (Å²) in [6.07, 6.45) is 6.64. The van der Waals surface area contributed by atoms with Crippen molar-refractivity contribution in [1.29, 1.82) is 0 Å². The van der Waals surface area contributed by atoms with Crippen molar-refractivity contribution in [3.8, 4) is 11.3 Å². The van der Waals surface area contributed by atoms with Gasteiger partial charge in [0.05, 0.1) is 28.6 Å². The summed E-state index contributed by atoms with van der Waals surface area (Å²) in [6.45, 7) is 12.9. The van der Waals surface area contributed by atoms with Crippen molar-refractivity contribution >= 4 is 46.9 Å². The van der Waals surface area contributed by atoms with Crippen molar-refractivity contribution in [3.05, 3.63) is 112 Å². The Labute approximate surface area is 365 Å². The molecule has 6 heterocycles. The standard InChI is InChI=1S/C47H51N11O5/c1-28-21-31(5-6-32(28)24-49-42(60)39-27-57(54-53-39)47(2,3)4)38-13-17-48-46(51-38)50-34-8-7-30-16-18-55(26-33(30)22-34)25-29-14-19-56(20-15-29)35-9-10-36-37(23-35)45(63)58(44(36)62)40-11-12-41(59)52-43(40)61/h5-10,13,17,21-23,27,29,40H,11-12,14-16,18-20,24-26H2,1-4H3,(H,49,60)(H,48,50,51)(H,52,59,61). The first-order valence-electron chi connectivity index (χ1n) is 21.6. The molecule has 0 aliphatic carbocycles. The van der Waals surface area contributed by atoms with E-state index >= 15 is 0 Å². The SMILES string of the molecule is Cc1cc(-c2ccnc(Nc3ccc4c(c3)CN(CC3CCN(c5ccc6c(c5)C(=O)N(C5CCC(=O)NC5=O)C6=O)CC3)CC4)n2)ccc1CNC(=O)c1cn(C(C)(C)C)nn1. The predicted octanol–water partition coefficient (Wildman–Crippen LogP) is 5.15. The number of imide groups is 2. The first kappa shape index (κ1) is 41.5. The zero-order chi connectivity index (χ0) is 44.0. The molecule has 2 fully saturated rings. The van der Waals surface area contributed by atoms with Gasteiger partial charge in [0.1, 0.15) is 6.04 Å². The van der Waals surface area contributed by atoms with E-state index in [1.165, 1.54) is 11.1 Å². The van der Waals surface area contributed by atoms with Crippen molar-refractivity contribution in [2.45, 2.75) is 84.5 Å². The average Bonchev–Trinajstić information content (AvgIpc) is 3.87. The first-order valence-corrected chi connectivity index (χ1v) is 21.6. The smallest absolute Gasteiger partial charge is 0.273 e. The number of aryl methyl sites for hydroxylation is 1. The molecule has 2 saturated heterocycles. The van der Waals surface area contributed by atoms with Gasteiger partial charge in [0, 0.05) is 68.8 Å². The lowest BCUT2D eigenvalue weighted by molar-refractivity contribution is -0.136. The number of nitrogens with one attached hydrogen (secondary N) is 3. The number of aromatic nitrogens is 5. The Morgan fingerprint density at radius 1 is 0.873 bits per heavy atom. The summed E-state index contributed by atoms with van der Waals surface area (Å²) in [5.41, 5.74) is 8.86. The average molecular weight is 850 g/mol. The van der Waals surface area contributed by atoms with E-state index in [1.54, 1.807) is 29.2 Å². The molecule has 4 aliphatic heterocycles. The Bertz CT molecular complexity index is 2640. The molecule has 4 aliphatic rings. The first-order chi connectivity index (χ1) is 30.3. The summed E-state index contributed by atoms with van der Waals surface area (Å²) >= 11 is 0. The van der Waals surface area contributed by atoms with Crippen LogP contribution in [0.15, 0.2) is 73.1 Å². The van der Waals surface area contributed by atoms with Gasteiger partial charge >= 0.3 is 0 Å². The van der Waals surface area contributed by atoms with Gasteiger partial charge < -0.3 is 15.5 Å². The summed E-state index contributed by atoms with van der Waals surface area (Å²) in [5, 5.41) is 16.8. The van der Waals surface area contributed by atoms with E-state index in [2.05, 4.69) is 65.3 Å². The van der Waals surface area contributed by atoms with Gasteiger partial charge in [-0.25, -0.2) is 14.6 Å². The fourth-order valence-corrected chi connectivity index (χ4v) is 8.97. The van der Waals surface area contributed by atoms with Crippen LogP contribution in [0.5, 0.6) is 0 Å². The molecule has 16 nitrogen and oxygen atoms in total. The van der Waals surface area contributed by atoms with E-state index in [0.717, 1.165) is 90.6 Å². The third-order valence-electron chi connectivity index (χ3n) is 12.6. The molecule has 2 aromatic heterocycles. The van der Waals surface area contributed by atoms with Gasteiger partial charge in [-0.15, -0.1) is 5.10 Å². The van der Waals surface area contributed by atoms with Crippen LogP contribution in [0.3, 0.4) is 0 Å². The molecule has 9 rings (SSSR count). The maximum atomic E-state index is 13.4. The van der Waals surface area contributed by atoms with Crippen molar-refractivity contribution in [1.82, 2.24) is 45.4 Å². The van der Waals surface area contributed by atoms with Gasteiger partial charge in [-0.3, -0.25) is 39.1 Å². The third-order valence-corrected chi connectivity index (χ3v) is 12.6. The third kappa shape index (κ3) is 8.67. The predicted molar refractivity (Wildman–Crippen MR) is 235 cm³/mol. The minimum Gasteiger partial charge on any atom is -0.371 e. The highest BCUT2D eigenvalue weighted by Crippen LogP contribution is 2.33. The Hall–Kier alpha value is -6.81. The largest absolute Gasteiger partial charge is 0.371 e. The molecule has 3 aromatic carbocycles. The van der Waals surface area contributed by atoms with E-state index in [4.69, 9.17) is 4.98 Å². The minimum absolute atomic E-state index is 0.0907. The summed E-state index contributed by atoms with van der Waals surface area (Å²) < 4.78 is 1.68. The maximum Gasteiger partial charge on any atom is 0.273 e. The quantitative estimate of drug-likeness (QED) is 0.157. The van der Waals surface area contributed by atoms with Crippen LogP contribution in [0.1, 0.15) is 99.9 Å². The van der Waals surface area contributed by atoms with Gasteiger partial charge in [-0.2, -0.15) is 0 Å². The van der Waals surface area contributed by atoms with Crippen molar-refractivity contribution in [3.63, 3.8) is 0 Å². The Morgan fingerprint density at radius 3 is 2.44 bits per heavy atom. The van der Waals surface area contributed by atoms with Crippen LogP contribution < -0.4 is 20.9 Å². The van der Waals surface area contributed by atoms with Crippen LogP contribution in [-0.4, -0.2) is 96.5 Å². The number of carbonyl (C=O) groups excluding carboxylic acids is 5. The van der Waals surface area contributed by atoms with E-state index in [1.807, 2.05) is 52.0 Å². The molecule has 5 aromatic rings. The molecular weight excluding hydrogens is 799 g/mol. The van der Waals surface area contributed by atoms with Gasteiger partial charge in [0.25, 0.3) is 17.7 Å². The van der Waals surface area contributed by atoms with Crippen LogP contribution in [0.2, 0.25) is 0 Å². The topological polar surface area (TPSA) is 188 Å². The second-order valence-electron chi connectivity index (χ2n) is 18.0. The van der Waals surface area contributed by atoms with Gasteiger partial charge in [-0.05, 0) is 124 Å². The highest BCUT2D eigenvalue weighted by atomic mass is 16.2. The fraction of sp³-hybridized carbons (Fsp3) is 0.383. The molecule has 324 valence electrons. The van der Waals surface area contributed by atoms with Crippen LogP contribution in [0.25, 0.3) is 11.3 Å². The summed E-state index contributed by atoms with van der Waals surface area (Å²) in [5.74, 6) is -1.20. The summed E-state index contributed by atoms with van der Waals surface area (Å²) in [7, 11) is 0. The van der Waals surface area contributed by atoms with Gasteiger partial charge in [-0.1, -0.05) is 23.4 Å². The molecule has 0 radical (unpaired) electrons. The number of carbonyl (C=O) groups is 5. The minimum atomic E-state index is -0.976. The number of rotatable bonds is 10. The molecule has 1 unspecified atom stereocenters. The number of anilines is 3. The lowest BCUT2D eigenvalue weighted by Crippen LogP contribution is -2.54. The number of benzene rings is 3. The van der Waals surface area contributed by atoms with Gasteiger partial charge in [0.2, 0.25) is 17.8 Å². The lowest BCUT2D eigenvalue weighted by atomic mass is 9.93. The number of fused-ring (bicyclic) bond motifs is 2. The van der Waals surface area contributed by atoms with Crippen LogP contribution >= 0.6 is 0 Å². The Balaban J connectivity index is 0.775. The number of hydrogen-bond donors (Lipinski definition) is 3. The number of hydrogen-bond acceptors (Lipinski definition) is 12. The monoisotopic (exact) mass is 849 g/mol. The fourth-order valence-electron chi connectivity index (χ4n) is 8.97. The molecule has 0 spiro atoms. The Morgan fingerprint density at radius 2 is 1.68 bits per heavy atom. The van der Waals surface area contributed by atoms with E-state index in [-0.39, 0.29) is 30.0 Å². The normalized spacial score (nSPS) is 18.3. The molecule has 63 heavy (non-hydrogen) atoms. The molecule has 0 bridgehead atoms. The number of nitrogens with zero attached hydrogens (tertiary/aromatic N) is 8. The Kier molecular flexibility index (Phi) is 11.1. The highest BCUT2D eigenvalue weighted by molar-refractivity contribution is 6.23. The van der Waals surface area contributed by atoms with E-state index in [9.17, 15) is 24.0 Å². The van der Waals surface area contributed by atoms with Gasteiger partial charge in [0.15, 0.2) is 5.69 Å². The second kappa shape index (κ2) is 16.8.